The Balaban J connectivity index is 2.35. The monoisotopic (exact) mass is 204 g/mol. The first-order chi connectivity index (χ1) is 7.16. The fraction of sp³-hybridized carbons (Fsp3) is 0.125. The van der Waals surface area contributed by atoms with Crippen LogP contribution in [0.5, 0.6) is 0 Å². The van der Waals surface area contributed by atoms with E-state index in [4.69, 9.17) is 5.73 Å². The van der Waals surface area contributed by atoms with Gasteiger partial charge >= 0.3 is 0 Å². The van der Waals surface area contributed by atoms with Gasteiger partial charge in [-0.1, -0.05) is 0 Å². The Hall–Kier alpha value is -2.31. The molecule has 3 N–H and O–H groups in total. The Morgan fingerprint density at radius 2 is 2.20 bits per heavy atom. The first-order valence-electron chi connectivity index (χ1n) is 4.20. The summed E-state index contributed by atoms with van der Waals surface area (Å²) in [6, 6.07) is 3.08. The molecule has 0 atom stereocenters. The molecule has 0 fully saturated rings. The van der Waals surface area contributed by atoms with Gasteiger partial charge in [0.15, 0.2) is 5.69 Å². The SMILES string of the molecule is Cc1nc(-c2ccc(C(N)=O)nn2)n[nH]1. The van der Waals surface area contributed by atoms with E-state index in [1.165, 1.54) is 6.07 Å². The molecule has 1 amide bonds. The van der Waals surface area contributed by atoms with Crippen LogP contribution in [0.1, 0.15) is 16.3 Å². The molecule has 2 rings (SSSR count). The van der Waals surface area contributed by atoms with Gasteiger partial charge in [0.25, 0.3) is 5.91 Å². The third kappa shape index (κ3) is 1.80. The van der Waals surface area contributed by atoms with E-state index in [1.54, 1.807) is 13.0 Å². The molecule has 7 heteroatoms. The average Bonchev–Trinajstić information content (AvgIpc) is 2.65. The topological polar surface area (TPSA) is 110 Å². The number of primary amides is 1. The molecule has 7 nitrogen and oxygen atoms in total. The van der Waals surface area contributed by atoms with Crippen LogP contribution in [0, 0.1) is 6.92 Å². The van der Waals surface area contributed by atoms with Gasteiger partial charge in [-0.25, -0.2) is 4.98 Å². The molecule has 15 heavy (non-hydrogen) atoms. The molecule has 0 aliphatic carbocycles. The van der Waals surface area contributed by atoms with Gasteiger partial charge < -0.3 is 5.73 Å². The number of H-pyrrole nitrogens is 1. The number of aromatic amines is 1. The maximum atomic E-state index is 10.7. The normalized spacial score (nSPS) is 10.2. The van der Waals surface area contributed by atoms with E-state index in [9.17, 15) is 4.79 Å². The Morgan fingerprint density at radius 3 is 2.67 bits per heavy atom. The molecule has 0 bridgehead atoms. The number of nitrogens with zero attached hydrogens (tertiary/aromatic N) is 4. The summed E-state index contributed by atoms with van der Waals surface area (Å²) in [4.78, 5) is 14.8. The fourth-order valence-corrected chi connectivity index (χ4v) is 1.04. The lowest BCUT2D eigenvalue weighted by atomic mass is 10.3. The van der Waals surface area contributed by atoms with Gasteiger partial charge in [0.2, 0.25) is 5.82 Å². The van der Waals surface area contributed by atoms with E-state index < -0.39 is 5.91 Å². The quantitative estimate of drug-likeness (QED) is 0.695. The number of nitrogens with one attached hydrogen (secondary N) is 1. The summed E-state index contributed by atoms with van der Waals surface area (Å²) in [5.74, 6) is 0.516. The first kappa shape index (κ1) is 9.25. The number of carbonyl (C=O) groups excluding carboxylic acids is 1. The number of hydrogen-bond donors (Lipinski definition) is 2. The van der Waals surface area contributed by atoms with Crippen LogP contribution >= 0.6 is 0 Å². The molecule has 0 spiro atoms. The predicted octanol–water partition coefficient (Wildman–Crippen LogP) is -0.331. The molecule has 76 valence electrons. The van der Waals surface area contributed by atoms with E-state index in [0.29, 0.717) is 17.3 Å². The van der Waals surface area contributed by atoms with Crippen molar-refractivity contribution < 1.29 is 4.79 Å². The third-order valence-corrected chi connectivity index (χ3v) is 1.74. The number of nitrogens with two attached hydrogens (primary N) is 1. The van der Waals surface area contributed by atoms with Crippen molar-refractivity contribution in [3.8, 4) is 11.5 Å². The van der Waals surface area contributed by atoms with Crippen LogP contribution in [-0.4, -0.2) is 31.3 Å². The lowest BCUT2D eigenvalue weighted by molar-refractivity contribution is 0.0994. The van der Waals surface area contributed by atoms with Crippen molar-refractivity contribution in [1.82, 2.24) is 25.4 Å². The first-order valence-corrected chi connectivity index (χ1v) is 4.20. The molecule has 0 unspecified atom stereocenters. The maximum Gasteiger partial charge on any atom is 0.269 e. The molecule has 2 aromatic heterocycles. The smallest absolute Gasteiger partial charge is 0.269 e. The van der Waals surface area contributed by atoms with E-state index >= 15 is 0 Å². The van der Waals surface area contributed by atoms with Crippen LogP contribution in [0.4, 0.5) is 0 Å². The Morgan fingerprint density at radius 1 is 1.40 bits per heavy atom. The summed E-state index contributed by atoms with van der Waals surface area (Å²) in [5.41, 5.74) is 5.63. The van der Waals surface area contributed by atoms with Gasteiger partial charge in [-0.15, -0.1) is 10.2 Å². The lowest BCUT2D eigenvalue weighted by Gasteiger charge is -1.94. The van der Waals surface area contributed by atoms with Gasteiger partial charge in [0.05, 0.1) is 0 Å². The van der Waals surface area contributed by atoms with E-state index in [2.05, 4.69) is 25.4 Å². The molecular weight excluding hydrogens is 196 g/mol. The van der Waals surface area contributed by atoms with Crippen LogP contribution in [0.25, 0.3) is 11.5 Å². The molecule has 2 aromatic rings. The zero-order valence-corrected chi connectivity index (χ0v) is 7.93. The van der Waals surface area contributed by atoms with Crippen molar-refractivity contribution in [2.45, 2.75) is 6.92 Å². The highest BCUT2D eigenvalue weighted by Gasteiger charge is 2.07. The van der Waals surface area contributed by atoms with Crippen LogP contribution in [0.15, 0.2) is 12.1 Å². The highest BCUT2D eigenvalue weighted by atomic mass is 16.1. The largest absolute Gasteiger partial charge is 0.364 e. The molecule has 0 aliphatic heterocycles. The van der Waals surface area contributed by atoms with Crippen molar-refractivity contribution >= 4 is 5.91 Å². The van der Waals surface area contributed by atoms with Gasteiger partial charge in [0, 0.05) is 0 Å². The summed E-state index contributed by atoms with van der Waals surface area (Å²) in [6.07, 6.45) is 0. The van der Waals surface area contributed by atoms with Gasteiger partial charge in [-0.3, -0.25) is 9.89 Å². The summed E-state index contributed by atoms with van der Waals surface area (Å²) in [7, 11) is 0. The molecule has 0 aromatic carbocycles. The molecule has 0 aliphatic rings. The molecule has 2 heterocycles. The summed E-state index contributed by atoms with van der Waals surface area (Å²) in [6.45, 7) is 1.78. The van der Waals surface area contributed by atoms with Crippen LogP contribution in [0.2, 0.25) is 0 Å². The standard InChI is InChI=1S/C8H8N6O/c1-4-10-8(14-11-4)6-3-2-5(7(9)15)12-13-6/h2-3H,1H3,(H2,9,15)(H,10,11,14). The Labute approximate surface area is 84.7 Å². The zero-order valence-electron chi connectivity index (χ0n) is 7.93. The second kappa shape index (κ2) is 3.45. The van der Waals surface area contributed by atoms with E-state index in [1.807, 2.05) is 0 Å². The lowest BCUT2D eigenvalue weighted by Crippen LogP contribution is -2.13. The van der Waals surface area contributed by atoms with Crippen molar-refractivity contribution in [3.63, 3.8) is 0 Å². The average molecular weight is 204 g/mol. The van der Waals surface area contributed by atoms with Crippen LogP contribution in [0.3, 0.4) is 0 Å². The van der Waals surface area contributed by atoms with E-state index in [0.717, 1.165) is 0 Å². The number of amides is 1. The van der Waals surface area contributed by atoms with Crippen LogP contribution in [-0.2, 0) is 0 Å². The number of hydrogen-bond acceptors (Lipinski definition) is 5. The number of aryl methyl sites for hydroxylation is 1. The van der Waals surface area contributed by atoms with Crippen molar-refractivity contribution in [2.24, 2.45) is 5.73 Å². The summed E-state index contributed by atoms with van der Waals surface area (Å²) >= 11 is 0. The fourth-order valence-electron chi connectivity index (χ4n) is 1.04. The van der Waals surface area contributed by atoms with Gasteiger partial charge in [0.1, 0.15) is 11.5 Å². The highest BCUT2D eigenvalue weighted by molar-refractivity contribution is 5.90. The second-order valence-corrected chi connectivity index (χ2v) is 2.91. The van der Waals surface area contributed by atoms with Crippen molar-refractivity contribution in [1.29, 1.82) is 0 Å². The Bertz CT molecular complexity index is 488. The zero-order chi connectivity index (χ0) is 10.8. The molecule has 0 radical (unpaired) electrons. The van der Waals surface area contributed by atoms with Gasteiger partial charge in [-0.05, 0) is 19.1 Å². The number of rotatable bonds is 2. The van der Waals surface area contributed by atoms with Gasteiger partial charge in [-0.2, -0.15) is 5.10 Å². The minimum atomic E-state index is -0.611. The van der Waals surface area contributed by atoms with E-state index in [-0.39, 0.29) is 5.69 Å². The van der Waals surface area contributed by atoms with Crippen molar-refractivity contribution in [2.75, 3.05) is 0 Å². The minimum Gasteiger partial charge on any atom is -0.364 e. The van der Waals surface area contributed by atoms with Crippen molar-refractivity contribution in [3.05, 3.63) is 23.7 Å². The summed E-state index contributed by atoms with van der Waals surface area (Å²) < 4.78 is 0. The molecular formula is C8H8N6O. The minimum absolute atomic E-state index is 0.117. The maximum absolute atomic E-state index is 10.7. The number of carbonyl (C=O) groups is 1. The number of aromatic nitrogens is 5. The molecule has 0 saturated heterocycles. The highest BCUT2D eigenvalue weighted by Crippen LogP contribution is 2.09. The second-order valence-electron chi connectivity index (χ2n) is 2.91. The predicted molar refractivity (Wildman–Crippen MR) is 50.7 cm³/mol. The summed E-state index contributed by atoms with van der Waals surface area (Å²) in [5, 5.41) is 14.0. The van der Waals surface area contributed by atoms with Crippen LogP contribution < -0.4 is 5.73 Å². The Kier molecular flexibility index (Phi) is 2.13. The third-order valence-electron chi connectivity index (χ3n) is 1.74. The molecule has 0 saturated carbocycles.